The van der Waals surface area contributed by atoms with Gasteiger partial charge in [0.05, 0.1) is 49.4 Å². The Balaban J connectivity index is 1.12. The van der Waals surface area contributed by atoms with Crippen molar-refractivity contribution in [1.82, 2.24) is 44.9 Å². The normalized spacial score (nSPS) is 25.0. The Labute approximate surface area is 406 Å². The molecule has 6 bridgehead atoms. The maximum Gasteiger partial charge on any atom is 0.324 e. The van der Waals surface area contributed by atoms with Crippen LogP contribution in [-0.2, 0) is 46.4 Å². The number of carbonyl (C=O) groups excluding carboxylic acids is 5. The lowest BCUT2D eigenvalue weighted by Crippen LogP contribution is -2.64. The lowest BCUT2D eigenvalue weighted by atomic mass is 9.84. The molecule has 17 heteroatoms. The number of aryl methyl sites for hydroxylation is 1. The van der Waals surface area contributed by atoms with Crippen molar-refractivity contribution in [3.05, 3.63) is 72.1 Å². The van der Waals surface area contributed by atoms with E-state index in [9.17, 15) is 24.0 Å². The minimum absolute atomic E-state index is 0.142. The fraction of sp³-hybridized carbons (Fsp3) is 0.577. The number of hydrogen-bond acceptors (Lipinski definition) is 11. The van der Waals surface area contributed by atoms with Crippen molar-refractivity contribution < 1.29 is 38.2 Å². The number of fused-ring (bicyclic) bond motifs is 7. The number of nitrogens with one attached hydrogen (secondary N) is 2. The minimum Gasteiger partial charge on any atom is -0.464 e. The molecule has 7 atom stereocenters. The third-order valence-corrected chi connectivity index (χ3v) is 14.6. The van der Waals surface area contributed by atoms with Crippen LogP contribution in [0, 0.1) is 11.3 Å². The van der Waals surface area contributed by atoms with Gasteiger partial charge in [0.2, 0.25) is 11.8 Å². The van der Waals surface area contributed by atoms with E-state index in [1.54, 1.807) is 30.2 Å². The molecule has 0 aliphatic carbocycles. The van der Waals surface area contributed by atoms with E-state index in [1.807, 2.05) is 26.8 Å². The molecule has 2 N–H and O–H groups in total. The van der Waals surface area contributed by atoms with Crippen molar-refractivity contribution >= 4 is 46.2 Å². The van der Waals surface area contributed by atoms with Crippen LogP contribution in [-0.4, -0.2) is 167 Å². The summed E-state index contributed by atoms with van der Waals surface area (Å²) in [5, 5.41) is 5.67. The summed E-state index contributed by atoms with van der Waals surface area (Å²) in [5.41, 5.74) is 10.0. The first-order chi connectivity index (χ1) is 33.0. The van der Waals surface area contributed by atoms with Gasteiger partial charge in [-0.25, -0.2) is 10.2 Å². The third kappa shape index (κ3) is 10.2. The fourth-order valence-corrected chi connectivity index (χ4v) is 11.1. The first-order valence-electron chi connectivity index (χ1n) is 24.7. The van der Waals surface area contributed by atoms with Crippen LogP contribution in [0.4, 0.5) is 4.79 Å². The second-order valence-electron chi connectivity index (χ2n) is 20.4. The van der Waals surface area contributed by atoms with Gasteiger partial charge in [-0.05, 0) is 92.5 Å². The molecule has 372 valence electrons. The number of likely N-dealkylation sites (tertiary alicyclic amines) is 1. The van der Waals surface area contributed by atoms with Gasteiger partial charge in [0.1, 0.15) is 18.1 Å². The number of morpholine rings is 1. The number of benzene rings is 1. The Morgan fingerprint density at radius 3 is 2.64 bits per heavy atom. The number of methoxy groups -OCH3 is 1. The highest BCUT2D eigenvalue weighted by Gasteiger charge is 2.46. The Morgan fingerprint density at radius 1 is 1.10 bits per heavy atom. The first kappa shape index (κ1) is 49.8. The molecule has 17 nitrogen and oxygen atoms in total. The second kappa shape index (κ2) is 20.8. The number of nitrogens with zero attached hydrogens (tertiary/aromatic N) is 7. The number of hydrazine groups is 1. The van der Waals surface area contributed by atoms with Crippen LogP contribution in [0.1, 0.15) is 83.7 Å². The average molecular weight is 950 g/mol. The highest BCUT2D eigenvalue weighted by Crippen LogP contribution is 2.42. The molecule has 0 saturated carbocycles. The number of rotatable bonds is 9. The summed E-state index contributed by atoms with van der Waals surface area (Å²) in [4.78, 5) is 82.2. The van der Waals surface area contributed by atoms with Crippen molar-refractivity contribution in [3.8, 4) is 11.3 Å². The number of likely N-dealkylation sites (N-methyl/N-ethyl adjacent to an activating group) is 1. The molecule has 7 heterocycles. The third-order valence-electron chi connectivity index (χ3n) is 14.6. The molecule has 1 aromatic carbocycles. The van der Waals surface area contributed by atoms with Crippen LogP contribution in [0.3, 0.4) is 0 Å². The predicted molar refractivity (Wildman–Crippen MR) is 262 cm³/mol. The maximum absolute atomic E-state index is 14.8. The minimum atomic E-state index is -1.03. The molecule has 2 unspecified atom stereocenters. The molecule has 3 saturated heterocycles. The topological polar surface area (TPSA) is 171 Å². The smallest absolute Gasteiger partial charge is 0.324 e. The van der Waals surface area contributed by atoms with E-state index in [0.29, 0.717) is 58.6 Å². The van der Waals surface area contributed by atoms with E-state index < -0.39 is 35.4 Å². The van der Waals surface area contributed by atoms with Gasteiger partial charge in [0.25, 0.3) is 5.91 Å². The average Bonchev–Trinajstić information content (AvgIpc) is 3.93. The zero-order valence-electron chi connectivity index (χ0n) is 41.7. The van der Waals surface area contributed by atoms with Crippen LogP contribution in [0.25, 0.3) is 27.7 Å². The summed E-state index contributed by atoms with van der Waals surface area (Å²) in [6.07, 6.45) is 7.11. The maximum atomic E-state index is 14.8. The van der Waals surface area contributed by atoms with Crippen molar-refractivity contribution in [2.75, 3.05) is 73.2 Å². The van der Waals surface area contributed by atoms with Crippen molar-refractivity contribution in [1.29, 1.82) is 0 Å². The molecule has 5 aliphatic heterocycles. The zero-order valence-corrected chi connectivity index (χ0v) is 41.7. The van der Waals surface area contributed by atoms with Gasteiger partial charge in [-0.15, -0.1) is 0 Å². The number of aromatic nitrogens is 2. The Hall–Kier alpha value is -5.62. The molecular formula is C52H71N9O8. The van der Waals surface area contributed by atoms with Crippen molar-refractivity contribution in [2.45, 2.75) is 110 Å². The molecule has 69 heavy (non-hydrogen) atoms. The van der Waals surface area contributed by atoms with Crippen LogP contribution >= 0.6 is 0 Å². The fourth-order valence-electron chi connectivity index (χ4n) is 11.1. The number of ether oxygens (including phenoxy) is 3. The molecular weight excluding hydrogens is 879 g/mol. The number of urea groups is 1. The van der Waals surface area contributed by atoms with E-state index in [1.165, 1.54) is 16.0 Å². The monoisotopic (exact) mass is 950 g/mol. The SMILES string of the molecule is C=CC(=O)N1CCO[C@H]2CN(C(=O)N(C)C(C(=O)N[C@H]3CN4CCC=C(C4)c4ccc5c(c4)c(c(-c4cccnc4[C@H](C)OC)n5CC)CC(C)(C)COC(=O)[C@@H]4CCCN(N4)C3=O)C(C)C)C[C@H]21. The second-order valence-corrected chi connectivity index (χ2v) is 20.4. The Kier molecular flexibility index (Phi) is 15.0. The molecule has 0 spiro atoms. The Bertz CT molecular complexity index is 2480. The van der Waals surface area contributed by atoms with Gasteiger partial charge >= 0.3 is 12.0 Å². The number of pyridine rings is 1. The number of carbonyl (C=O) groups is 5. The van der Waals surface area contributed by atoms with Crippen molar-refractivity contribution in [3.63, 3.8) is 0 Å². The van der Waals surface area contributed by atoms with Gasteiger partial charge in [-0.1, -0.05) is 46.4 Å². The summed E-state index contributed by atoms with van der Waals surface area (Å²) in [6.45, 7) is 19.6. The van der Waals surface area contributed by atoms with Gasteiger partial charge in [-0.3, -0.25) is 34.1 Å². The van der Waals surface area contributed by atoms with Crippen LogP contribution < -0.4 is 10.7 Å². The van der Waals surface area contributed by atoms with Gasteiger partial charge < -0.3 is 38.8 Å². The van der Waals surface area contributed by atoms with Gasteiger partial charge in [0.15, 0.2) is 0 Å². The Morgan fingerprint density at radius 2 is 1.90 bits per heavy atom. The summed E-state index contributed by atoms with van der Waals surface area (Å²) in [5.74, 6) is -1.83. The molecule has 5 aliphatic rings. The molecule has 3 fully saturated rings. The van der Waals surface area contributed by atoms with E-state index >= 15 is 0 Å². The first-order valence-corrected chi connectivity index (χ1v) is 24.7. The van der Waals surface area contributed by atoms with Crippen LogP contribution in [0.15, 0.2) is 55.3 Å². The highest BCUT2D eigenvalue weighted by molar-refractivity contribution is 5.95. The number of esters is 1. The molecule has 5 amide bonds. The van der Waals surface area contributed by atoms with Crippen molar-refractivity contribution in [2.24, 2.45) is 11.3 Å². The zero-order chi connectivity index (χ0) is 49.3. The van der Waals surface area contributed by atoms with Gasteiger partial charge in [0, 0.05) is 88.0 Å². The number of hydrogen-bond donors (Lipinski definition) is 2. The van der Waals surface area contributed by atoms with Crippen LogP contribution in [0.5, 0.6) is 0 Å². The number of amides is 5. The van der Waals surface area contributed by atoms with E-state index in [0.717, 1.165) is 51.0 Å². The highest BCUT2D eigenvalue weighted by atomic mass is 16.5. The molecule has 0 radical (unpaired) electrons. The largest absolute Gasteiger partial charge is 0.464 e. The van der Waals surface area contributed by atoms with Crippen LogP contribution in [0.2, 0.25) is 0 Å². The summed E-state index contributed by atoms with van der Waals surface area (Å²) in [6, 6.07) is 7.28. The quantitative estimate of drug-likeness (QED) is 0.223. The molecule has 3 aromatic rings. The number of cyclic esters (lactones) is 1. The standard InChI is InChI=1S/C52H71N9O8/c1-10-44(62)60-23-24-68-43-30-58(29-42(43)60)51(66)56(8)46(32(3)4)48(63)54-40-28-57-21-13-15-35(27-57)34-18-19-41-37(25-34)38(47(59(41)11-2)36-16-12-20-53-45(36)33(5)67-9)26-52(6,7)31-69-50(65)39-17-14-22-61(55-39)49(40)64/h10,12,15-16,18-20,25,32-33,39-40,42-43,46,55H,1,11,13-14,17,21-24,26-31H2,2-9H3,(H,54,63)/t33-,39-,40-,42+,43-,46?/m0/s1. The lowest BCUT2D eigenvalue weighted by molar-refractivity contribution is -0.155. The summed E-state index contributed by atoms with van der Waals surface area (Å²) >= 11 is 0. The lowest BCUT2D eigenvalue weighted by Gasteiger charge is -2.38. The van der Waals surface area contributed by atoms with Gasteiger partial charge in [-0.2, -0.15) is 0 Å². The summed E-state index contributed by atoms with van der Waals surface area (Å²) < 4.78 is 20.3. The summed E-state index contributed by atoms with van der Waals surface area (Å²) in [7, 11) is 3.30. The van der Waals surface area contributed by atoms with E-state index in [4.69, 9.17) is 19.2 Å². The van der Waals surface area contributed by atoms with E-state index in [-0.39, 0.29) is 68.3 Å². The molecule has 8 rings (SSSR count). The predicted octanol–water partition coefficient (Wildman–Crippen LogP) is 4.80. The molecule has 2 aromatic heterocycles. The van der Waals surface area contributed by atoms with E-state index in [2.05, 4.69) is 77.9 Å².